The van der Waals surface area contributed by atoms with Gasteiger partial charge >= 0.3 is 0 Å². The van der Waals surface area contributed by atoms with Gasteiger partial charge < -0.3 is 14.6 Å². The Hall–Kier alpha value is -4.13. The largest absolute Gasteiger partial charge is 0.497 e. The molecule has 0 aliphatic heterocycles. The van der Waals surface area contributed by atoms with Crippen LogP contribution in [0.15, 0.2) is 76.6 Å². The second-order valence-electron chi connectivity index (χ2n) is 6.75. The van der Waals surface area contributed by atoms with Gasteiger partial charge in [0.2, 0.25) is 5.88 Å². The number of aromatic nitrogens is 2. The van der Waals surface area contributed by atoms with Gasteiger partial charge in [-0.2, -0.15) is 0 Å². The summed E-state index contributed by atoms with van der Waals surface area (Å²) in [5, 5.41) is 12.2. The highest BCUT2D eigenvalue weighted by Gasteiger charge is 2.19. The molecule has 7 nitrogen and oxygen atoms in total. The summed E-state index contributed by atoms with van der Waals surface area (Å²) in [6.45, 7) is 0.347. The fraction of sp³-hybridized carbons (Fsp3) is 0.125. The Labute approximate surface area is 178 Å². The zero-order valence-corrected chi connectivity index (χ0v) is 17.1. The summed E-state index contributed by atoms with van der Waals surface area (Å²) in [7, 11) is 3.04. The molecule has 0 saturated carbocycles. The van der Waals surface area contributed by atoms with Gasteiger partial charge in [-0.3, -0.25) is 14.8 Å². The molecule has 31 heavy (non-hydrogen) atoms. The number of methoxy groups -OCH3 is 2. The number of aliphatic imine (C=N–C) groups is 1. The molecular weight excluding hydrogens is 394 g/mol. The fourth-order valence-electron chi connectivity index (χ4n) is 3.40. The summed E-state index contributed by atoms with van der Waals surface area (Å²) in [4.78, 5) is 22.0. The molecule has 0 radical (unpaired) electrons. The van der Waals surface area contributed by atoms with Crippen LogP contribution in [0.1, 0.15) is 11.3 Å². The van der Waals surface area contributed by atoms with E-state index in [1.54, 1.807) is 55.9 Å². The maximum atomic E-state index is 13.3. The predicted octanol–water partition coefficient (Wildman–Crippen LogP) is 3.73. The highest BCUT2D eigenvalue weighted by molar-refractivity contribution is 6.01. The average molecular weight is 415 g/mol. The number of ether oxygens (including phenoxy) is 2. The van der Waals surface area contributed by atoms with Crippen molar-refractivity contribution in [2.45, 2.75) is 6.54 Å². The summed E-state index contributed by atoms with van der Waals surface area (Å²) >= 11 is 0. The van der Waals surface area contributed by atoms with Crippen molar-refractivity contribution in [2.24, 2.45) is 4.99 Å². The Bertz CT molecular complexity index is 1310. The zero-order valence-electron chi connectivity index (χ0n) is 17.1. The van der Waals surface area contributed by atoms with E-state index in [0.29, 0.717) is 40.1 Å². The van der Waals surface area contributed by atoms with Gasteiger partial charge in [-0.05, 0) is 30.3 Å². The third kappa shape index (κ3) is 3.85. The van der Waals surface area contributed by atoms with Crippen molar-refractivity contribution in [2.75, 3.05) is 14.2 Å². The van der Waals surface area contributed by atoms with Crippen LogP contribution in [0.3, 0.4) is 0 Å². The third-order valence-corrected chi connectivity index (χ3v) is 4.93. The first-order valence-electron chi connectivity index (χ1n) is 9.63. The van der Waals surface area contributed by atoms with E-state index in [1.165, 1.54) is 11.7 Å². The van der Waals surface area contributed by atoms with E-state index in [0.717, 1.165) is 5.69 Å². The van der Waals surface area contributed by atoms with Crippen LogP contribution in [0.5, 0.6) is 17.4 Å². The lowest BCUT2D eigenvalue weighted by atomic mass is 10.1. The Morgan fingerprint density at radius 3 is 2.52 bits per heavy atom. The number of hydrogen-bond donors (Lipinski definition) is 1. The Morgan fingerprint density at radius 2 is 1.81 bits per heavy atom. The Balaban J connectivity index is 1.91. The first-order valence-corrected chi connectivity index (χ1v) is 9.63. The number of fused-ring (bicyclic) bond motifs is 1. The van der Waals surface area contributed by atoms with Crippen LogP contribution < -0.4 is 15.0 Å². The van der Waals surface area contributed by atoms with Crippen molar-refractivity contribution in [3.63, 3.8) is 0 Å². The Morgan fingerprint density at radius 1 is 1.03 bits per heavy atom. The molecule has 0 bridgehead atoms. The molecule has 0 aliphatic carbocycles. The highest BCUT2D eigenvalue weighted by Crippen LogP contribution is 2.32. The van der Waals surface area contributed by atoms with Crippen molar-refractivity contribution in [1.82, 2.24) is 9.55 Å². The molecule has 2 aromatic carbocycles. The molecule has 0 aliphatic rings. The van der Waals surface area contributed by atoms with Gasteiger partial charge in [-0.25, -0.2) is 4.57 Å². The summed E-state index contributed by atoms with van der Waals surface area (Å²) in [6, 6.07) is 17.7. The van der Waals surface area contributed by atoms with Crippen LogP contribution in [-0.2, 0) is 6.54 Å². The lowest BCUT2D eigenvalue weighted by molar-refractivity contribution is 0.389. The SMILES string of the molecule is COc1ccc(-n2c(O)c(C=NCc3ccccn3)c3ccccc3c2=O)c(OC)c1. The molecule has 7 heteroatoms. The van der Waals surface area contributed by atoms with Crippen LogP contribution >= 0.6 is 0 Å². The molecule has 0 spiro atoms. The number of benzene rings is 2. The van der Waals surface area contributed by atoms with Crippen LogP contribution in [0.2, 0.25) is 0 Å². The maximum absolute atomic E-state index is 13.3. The molecule has 0 atom stereocenters. The molecule has 0 unspecified atom stereocenters. The molecule has 0 fully saturated rings. The van der Waals surface area contributed by atoms with Gasteiger partial charge in [0.05, 0.1) is 37.7 Å². The predicted molar refractivity (Wildman–Crippen MR) is 120 cm³/mol. The van der Waals surface area contributed by atoms with Crippen molar-refractivity contribution in [1.29, 1.82) is 0 Å². The van der Waals surface area contributed by atoms with Gasteiger partial charge in [-0.15, -0.1) is 0 Å². The monoisotopic (exact) mass is 415 g/mol. The number of pyridine rings is 2. The molecule has 0 saturated heterocycles. The molecule has 4 aromatic rings. The van der Waals surface area contributed by atoms with E-state index in [4.69, 9.17) is 9.47 Å². The standard InChI is InChI=1S/C24H21N3O4/c1-30-17-10-11-21(22(13-17)31-2)27-23(28)19-9-4-3-8-18(19)20(24(27)29)15-25-14-16-7-5-6-12-26-16/h3-13,15,29H,14H2,1-2H3. The van der Waals surface area contributed by atoms with E-state index in [1.807, 2.05) is 24.3 Å². The fourth-order valence-corrected chi connectivity index (χ4v) is 3.40. The molecular formula is C24H21N3O4. The van der Waals surface area contributed by atoms with Gasteiger partial charge in [-0.1, -0.05) is 24.3 Å². The second kappa shape index (κ2) is 8.71. The maximum Gasteiger partial charge on any atom is 0.265 e. The number of rotatable bonds is 6. The van der Waals surface area contributed by atoms with Crippen LogP contribution in [0.4, 0.5) is 0 Å². The van der Waals surface area contributed by atoms with E-state index in [2.05, 4.69) is 9.98 Å². The molecule has 1 N–H and O–H groups in total. The van der Waals surface area contributed by atoms with Crippen molar-refractivity contribution in [3.8, 4) is 23.1 Å². The molecule has 0 amide bonds. The van der Waals surface area contributed by atoms with Gasteiger partial charge in [0.15, 0.2) is 0 Å². The van der Waals surface area contributed by atoms with E-state index in [9.17, 15) is 9.90 Å². The number of nitrogens with zero attached hydrogens (tertiary/aromatic N) is 3. The lowest BCUT2D eigenvalue weighted by Crippen LogP contribution is -2.20. The smallest absolute Gasteiger partial charge is 0.265 e. The lowest BCUT2D eigenvalue weighted by Gasteiger charge is -2.16. The summed E-state index contributed by atoms with van der Waals surface area (Å²) in [5.74, 6) is 0.742. The van der Waals surface area contributed by atoms with Crippen LogP contribution in [0, 0.1) is 0 Å². The number of hydrogen-bond acceptors (Lipinski definition) is 6. The van der Waals surface area contributed by atoms with Gasteiger partial charge in [0.1, 0.15) is 11.5 Å². The molecule has 2 heterocycles. The minimum atomic E-state index is -0.363. The number of aromatic hydroxyl groups is 1. The van der Waals surface area contributed by atoms with Crippen LogP contribution in [-0.4, -0.2) is 35.1 Å². The van der Waals surface area contributed by atoms with Gasteiger partial charge in [0.25, 0.3) is 5.56 Å². The summed E-state index contributed by atoms with van der Waals surface area (Å²) in [6.07, 6.45) is 3.27. The molecule has 2 aromatic heterocycles. The minimum absolute atomic E-state index is 0.225. The molecule has 156 valence electrons. The summed E-state index contributed by atoms with van der Waals surface area (Å²) < 4.78 is 11.9. The normalized spacial score (nSPS) is 11.2. The van der Waals surface area contributed by atoms with Gasteiger partial charge in [0, 0.05) is 29.3 Å². The van der Waals surface area contributed by atoms with E-state index in [-0.39, 0.29) is 11.4 Å². The first kappa shape index (κ1) is 20.2. The second-order valence-corrected chi connectivity index (χ2v) is 6.75. The van der Waals surface area contributed by atoms with Crippen molar-refractivity contribution >= 4 is 17.0 Å². The quantitative estimate of drug-likeness (QED) is 0.485. The van der Waals surface area contributed by atoms with Crippen LogP contribution in [0.25, 0.3) is 16.5 Å². The summed E-state index contributed by atoms with van der Waals surface area (Å²) in [5.41, 5.74) is 1.27. The first-order chi connectivity index (χ1) is 15.1. The average Bonchev–Trinajstić information content (AvgIpc) is 2.82. The Kier molecular flexibility index (Phi) is 5.66. The van der Waals surface area contributed by atoms with Crippen molar-refractivity contribution in [3.05, 3.63) is 88.5 Å². The topological polar surface area (TPSA) is 85.9 Å². The van der Waals surface area contributed by atoms with E-state index < -0.39 is 0 Å². The molecule has 4 rings (SSSR count). The highest BCUT2D eigenvalue weighted by atomic mass is 16.5. The zero-order chi connectivity index (χ0) is 21.8. The minimum Gasteiger partial charge on any atom is -0.497 e. The van der Waals surface area contributed by atoms with Crippen molar-refractivity contribution < 1.29 is 14.6 Å². The van der Waals surface area contributed by atoms with E-state index >= 15 is 0 Å². The third-order valence-electron chi connectivity index (χ3n) is 4.93.